The van der Waals surface area contributed by atoms with Gasteiger partial charge in [-0.3, -0.25) is 0 Å². The van der Waals surface area contributed by atoms with Crippen molar-refractivity contribution < 1.29 is 4.84 Å². The second kappa shape index (κ2) is 7.03. The fraction of sp³-hybridized carbons (Fsp3) is 1.00. The number of nitrogens with two attached hydrogens (primary N) is 1. The maximum absolute atomic E-state index is 5.10. The summed E-state index contributed by atoms with van der Waals surface area (Å²) in [6, 6.07) is 0. The van der Waals surface area contributed by atoms with E-state index >= 15 is 0 Å². The second-order valence-corrected chi connectivity index (χ2v) is 2.69. The summed E-state index contributed by atoms with van der Waals surface area (Å²) in [6.45, 7) is 4.33. The molecule has 62 valence electrons. The molecule has 0 saturated carbocycles. The third-order valence-corrected chi connectivity index (χ3v) is 1.68. The molecule has 0 aromatic carbocycles. The van der Waals surface area contributed by atoms with E-state index in [0.717, 1.165) is 19.3 Å². The van der Waals surface area contributed by atoms with E-state index in [4.69, 9.17) is 10.7 Å². The van der Waals surface area contributed by atoms with E-state index in [1.807, 2.05) is 0 Å². The molecule has 10 heavy (non-hydrogen) atoms. The molecule has 0 rings (SSSR count). The van der Waals surface area contributed by atoms with E-state index in [2.05, 4.69) is 13.8 Å². The Balaban J connectivity index is 3.21. The minimum absolute atomic E-state index is 0.296. The minimum Gasteiger partial charge on any atom is -0.301 e. The van der Waals surface area contributed by atoms with Crippen LogP contribution in [-0.2, 0) is 4.84 Å². The first-order valence-corrected chi connectivity index (χ1v) is 4.20. The smallest absolute Gasteiger partial charge is 0.0787 e. The van der Waals surface area contributed by atoms with E-state index < -0.39 is 0 Å². The van der Waals surface area contributed by atoms with Crippen molar-refractivity contribution in [3.05, 3.63) is 0 Å². The van der Waals surface area contributed by atoms with Crippen molar-refractivity contribution in [2.75, 3.05) is 0 Å². The Bertz CT molecular complexity index is 66.3. The second-order valence-electron chi connectivity index (χ2n) is 2.69. The van der Waals surface area contributed by atoms with Gasteiger partial charge in [-0.2, -0.15) is 0 Å². The summed E-state index contributed by atoms with van der Waals surface area (Å²) in [4.78, 5) is 4.79. The lowest BCUT2D eigenvalue weighted by Gasteiger charge is -2.11. The van der Waals surface area contributed by atoms with Crippen LogP contribution in [0.2, 0.25) is 0 Å². The van der Waals surface area contributed by atoms with Gasteiger partial charge in [0, 0.05) is 0 Å². The van der Waals surface area contributed by atoms with E-state index in [9.17, 15) is 0 Å². The molecule has 1 unspecified atom stereocenters. The van der Waals surface area contributed by atoms with Gasteiger partial charge in [0.05, 0.1) is 6.10 Å². The van der Waals surface area contributed by atoms with Gasteiger partial charge < -0.3 is 4.84 Å². The van der Waals surface area contributed by atoms with Gasteiger partial charge in [-0.25, -0.2) is 5.90 Å². The van der Waals surface area contributed by atoms with E-state index in [1.165, 1.54) is 12.8 Å². The van der Waals surface area contributed by atoms with Crippen molar-refractivity contribution in [2.24, 2.45) is 5.90 Å². The maximum Gasteiger partial charge on any atom is 0.0787 e. The molecule has 0 aliphatic heterocycles. The fourth-order valence-electron chi connectivity index (χ4n) is 1.03. The average Bonchev–Trinajstić information content (AvgIpc) is 1.98. The first-order chi connectivity index (χ1) is 4.85. The van der Waals surface area contributed by atoms with Crippen LogP contribution < -0.4 is 5.90 Å². The number of rotatable bonds is 6. The molecule has 0 radical (unpaired) electrons. The van der Waals surface area contributed by atoms with Crippen molar-refractivity contribution in [1.29, 1.82) is 0 Å². The van der Waals surface area contributed by atoms with Gasteiger partial charge >= 0.3 is 0 Å². The molecule has 0 aromatic rings. The molecule has 2 nitrogen and oxygen atoms in total. The highest BCUT2D eigenvalue weighted by molar-refractivity contribution is 4.54. The van der Waals surface area contributed by atoms with Crippen molar-refractivity contribution in [1.82, 2.24) is 0 Å². The van der Waals surface area contributed by atoms with Gasteiger partial charge in [0.2, 0.25) is 0 Å². The molecule has 1 atom stereocenters. The van der Waals surface area contributed by atoms with Crippen LogP contribution >= 0.6 is 0 Å². The molecule has 0 aliphatic carbocycles. The van der Waals surface area contributed by atoms with Gasteiger partial charge in [0.1, 0.15) is 0 Å². The predicted octanol–water partition coefficient (Wildman–Crippen LogP) is 2.24. The molecule has 0 saturated heterocycles. The summed E-state index contributed by atoms with van der Waals surface area (Å²) in [5.41, 5.74) is 0. The molecule has 0 heterocycles. The van der Waals surface area contributed by atoms with Crippen LogP contribution in [0.25, 0.3) is 0 Å². The van der Waals surface area contributed by atoms with Crippen LogP contribution in [0, 0.1) is 0 Å². The highest BCUT2D eigenvalue weighted by Gasteiger charge is 2.04. The topological polar surface area (TPSA) is 35.2 Å². The monoisotopic (exact) mass is 145 g/mol. The Morgan fingerprint density at radius 1 is 1.20 bits per heavy atom. The van der Waals surface area contributed by atoms with E-state index in [1.54, 1.807) is 0 Å². The summed E-state index contributed by atoms with van der Waals surface area (Å²) in [6.07, 6.45) is 6.11. The first kappa shape index (κ1) is 9.92. The minimum atomic E-state index is 0.296. The summed E-state index contributed by atoms with van der Waals surface area (Å²) >= 11 is 0. The lowest BCUT2D eigenvalue weighted by atomic mass is 10.1. The summed E-state index contributed by atoms with van der Waals surface area (Å²) in [5.74, 6) is 5.10. The largest absolute Gasteiger partial charge is 0.301 e. The Morgan fingerprint density at radius 2 is 1.90 bits per heavy atom. The molecule has 0 bridgehead atoms. The van der Waals surface area contributed by atoms with Gasteiger partial charge in [-0.05, 0) is 12.8 Å². The van der Waals surface area contributed by atoms with Crippen molar-refractivity contribution in [3.8, 4) is 0 Å². The van der Waals surface area contributed by atoms with Crippen LogP contribution in [0.1, 0.15) is 46.0 Å². The number of unbranched alkanes of at least 4 members (excludes halogenated alkanes) is 1. The Kier molecular flexibility index (Phi) is 6.98. The zero-order valence-corrected chi connectivity index (χ0v) is 7.10. The normalized spacial score (nSPS) is 13.5. The third kappa shape index (κ3) is 4.77. The van der Waals surface area contributed by atoms with E-state index in [-0.39, 0.29) is 0 Å². The summed E-state index contributed by atoms with van der Waals surface area (Å²) in [7, 11) is 0. The van der Waals surface area contributed by atoms with Gasteiger partial charge in [-0.1, -0.05) is 33.1 Å². The molecule has 0 aromatic heterocycles. The highest BCUT2D eigenvalue weighted by atomic mass is 16.6. The van der Waals surface area contributed by atoms with Crippen molar-refractivity contribution in [3.63, 3.8) is 0 Å². The first-order valence-electron chi connectivity index (χ1n) is 4.20. The predicted molar refractivity (Wildman–Crippen MR) is 43.5 cm³/mol. The molecule has 2 heteroatoms. The zero-order valence-electron chi connectivity index (χ0n) is 7.10. The van der Waals surface area contributed by atoms with Gasteiger partial charge in [-0.15, -0.1) is 0 Å². The fourth-order valence-corrected chi connectivity index (χ4v) is 1.03. The van der Waals surface area contributed by atoms with Crippen LogP contribution in [-0.4, -0.2) is 6.10 Å². The van der Waals surface area contributed by atoms with Gasteiger partial charge in [0.15, 0.2) is 0 Å². The molecule has 0 spiro atoms. The number of hydrogen-bond acceptors (Lipinski definition) is 2. The third-order valence-electron chi connectivity index (χ3n) is 1.68. The zero-order chi connectivity index (χ0) is 7.82. The molecule has 0 aliphatic rings. The Hall–Kier alpha value is -0.0800. The average molecular weight is 145 g/mol. The summed E-state index contributed by atoms with van der Waals surface area (Å²) in [5, 5.41) is 0. The highest BCUT2D eigenvalue weighted by Crippen LogP contribution is 2.08. The number of hydrogen-bond donors (Lipinski definition) is 1. The van der Waals surface area contributed by atoms with Gasteiger partial charge in [0.25, 0.3) is 0 Å². The Labute approximate surface area is 63.7 Å². The lowest BCUT2D eigenvalue weighted by molar-refractivity contribution is 0.0395. The SMILES string of the molecule is CCCCC(CCC)ON. The molecular formula is C8H19NO. The van der Waals surface area contributed by atoms with Crippen LogP contribution in [0.15, 0.2) is 0 Å². The standard InChI is InChI=1S/C8H19NO/c1-3-5-7-8(10-9)6-4-2/h8H,3-7,9H2,1-2H3. The summed E-state index contributed by atoms with van der Waals surface area (Å²) < 4.78 is 0. The Morgan fingerprint density at radius 3 is 2.30 bits per heavy atom. The van der Waals surface area contributed by atoms with E-state index in [0.29, 0.717) is 6.10 Å². The van der Waals surface area contributed by atoms with Crippen molar-refractivity contribution in [2.45, 2.75) is 52.1 Å². The lowest BCUT2D eigenvalue weighted by Crippen LogP contribution is -2.16. The quantitative estimate of drug-likeness (QED) is 0.582. The van der Waals surface area contributed by atoms with Crippen molar-refractivity contribution >= 4 is 0 Å². The molecule has 2 N–H and O–H groups in total. The molecule has 0 fully saturated rings. The molecular weight excluding hydrogens is 126 g/mol. The van der Waals surface area contributed by atoms with Crippen LogP contribution in [0.3, 0.4) is 0 Å². The van der Waals surface area contributed by atoms with Crippen LogP contribution in [0.5, 0.6) is 0 Å². The van der Waals surface area contributed by atoms with Crippen LogP contribution in [0.4, 0.5) is 0 Å². The molecule has 0 amide bonds. The maximum atomic E-state index is 5.10.